The molecule has 7 nitrogen and oxygen atoms in total. The maximum Gasteiger partial charge on any atom is 0.321 e. The van der Waals surface area contributed by atoms with Gasteiger partial charge in [0.1, 0.15) is 11.6 Å². The fraction of sp³-hybridized carbons (Fsp3) is 0.235. The van der Waals surface area contributed by atoms with E-state index in [2.05, 4.69) is 10.3 Å². The topological polar surface area (TPSA) is 91.6 Å². The molecule has 1 aliphatic rings. The van der Waals surface area contributed by atoms with Gasteiger partial charge >= 0.3 is 6.03 Å². The van der Waals surface area contributed by atoms with E-state index >= 15 is 0 Å². The molecule has 1 saturated heterocycles. The Morgan fingerprint density at radius 1 is 1.08 bits per heavy atom. The summed E-state index contributed by atoms with van der Waals surface area (Å²) in [6.07, 6.45) is 1.61. The lowest BCUT2D eigenvalue weighted by molar-refractivity contribution is 0.1000. The minimum atomic E-state index is -0.528. The Bertz CT molecular complexity index is 773. The summed E-state index contributed by atoms with van der Waals surface area (Å²) < 4.78 is 12.9. The van der Waals surface area contributed by atoms with E-state index in [1.54, 1.807) is 23.2 Å². The van der Waals surface area contributed by atoms with E-state index in [0.29, 0.717) is 43.2 Å². The van der Waals surface area contributed by atoms with Gasteiger partial charge in [-0.25, -0.2) is 14.2 Å². The van der Waals surface area contributed by atoms with Gasteiger partial charge in [-0.15, -0.1) is 0 Å². The van der Waals surface area contributed by atoms with Crippen LogP contribution in [0.5, 0.6) is 0 Å². The molecule has 2 aromatic rings. The summed E-state index contributed by atoms with van der Waals surface area (Å²) in [7, 11) is 0. The van der Waals surface area contributed by atoms with Crippen LogP contribution in [0.1, 0.15) is 10.4 Å². The Labute approximate surface area is 144 Å². The maximum atomic E-state index is 12.9. The van der Waals surface area contributed by atoms with E-state index in [1.165, 1.54) is 24.3 Å². The molecule has 25 heavy (non-hydrogen) atoms. The molecule has 3 N–H and O–H groups in total. The highest BCUT2D eigenvalue weighted by Gasteiger charge is 2.24. The molecule has 2 heterocycles. The molecule has 3 amide bonds. The number of carbonyl (C=O) groups is 2. The largest absolute Gasteiger partial charge is 0.365 e. The van der Waals surface area contributed by atoms with Crippen LogP contribution >= 0.6 is 0 Å². The first kappa shape index (κ1) is 16.7. The zero-order valence-electron chi connectivity index (χ0n) is 13.5. The number of nitrogens with zero attached hydrogens (tertiary/aromatic N) is 3. The van der Waals surface area contributed by atoms with Gasteiger partial charge in [0.25, 0.3) is 5.91 Å². The number of amides is 3. The number of nitrogens with two attached hydrogens (primary N) is 1. The summed E-state index contributed by atoms with van der Waals surface area (Å²) in [6, 6.07) is 8.66. The Morgan fingerprint density at radius 2 is 1.76 bits per heavy atom. The smallest absolute Gasteiger partial charge is 0.321 e. The fourth-order valence-corrected chi connectivity index (χ4v) is 2.70. The number of primary amides is 1. The van der Waals surface area contributed by atoms with Crippen LogP contribution in [0.2, 0.25) is 0 Å². The number of pyridine rings is 1. The second-order valence-corrected chi connectivity index (χ2v) is 5.65. The van der Waals surface area contributed by atoms with Crippen LogP contribution in [-0.4, -0.2) is 48.0 Å². The maximum absolute atomic E-state index is 12.9. The molecule has 8 heteroatoms. The van der Waals surface area contributed by atoms with Crippen molar-refractivity contribution in [2.24, 2.45) is 5.73 Å². The van der Waals surface area contributed by atoms with E-state index in [0.717, 1.165) is 0 Å². The van der Waals surface area contributed by atoms with Gasteiger partial charge in [0, 0.05) is 38.1 Å². The van der Waals surface area contributed by atoms with Crippen molar-refractivity contribution in [3.63, 3.8) is 0 Å². The Morgan fingerprint density at radius 3 is 2.40 bits per heavy atom. The second-order valence-electron chi connectivity index (χ2n) is 5.65. The van der Waals surface area contributed by atoms with Crippen molar-refractivity contribution in [3.8, 4) is 0 Å². The predicted octanol–water partition coefficient (Wildman–Crippen LogP) is 1.67. The molecule has 3 rings (SSSR count). The van der Waals surface area contributed by atoms with Gasteiger partial charge in [-0.3, -0.25) is 4.79 Å². The summed E-state index contributed by atoms with van der Waals surface area (Å²) in [5, 5.41) is 2.74. The van der Waals surface area contributed by atoms with Crippen LogP contribution in [0.3, 0.4) is 0 Å². The molecule has 0 atom stereocenters. The van der Waals surface area contributed by atoms with Crippen LogP contribution in [-0.2, 0) is 0 Å². The molecule has 1 fully saturated rings. The number of benzene rings is 1. The first-order chi connectivity index (χ1) is 12.0. The highest BCUT2D eigenvalue weighted by Crippen LogP contribution is 2.19. The van der Waals surface area contributed by atoms with E-state index in [4.69, 9.17) is 5.73 Å². The third-order valence-electron chi connectivity index (χ3n) is 4.01. The molecule has 0 aliphatic carbocycles. The summed E-state index contributed by atoms with van der Waals surface area (Å²) in [5.74, 6) is -0.347. The van der Waals surface area contributed by atoms with Crippen LogP contribution < -0.4 is 16.0 Å². The van der Waals surface area contributed by atoms with Gasteiger partial charge in [0.05, 0.1) is 5.56 Å². The molecule has 1 aromatic carbocycles. The number of halogens is 1. The zero-order valence-corrected chi connectivity index (χ0v) is 13.5. The van der Waals surface area contributed by atoms with Crippen molar-refractivity contribution in [1.29, 1.82) is 0 Å². The third-order valence-corrected chi connectivity index (χ3v) is 4.01. The first-order valence-corrected chi connectivity index (χ1v) is 7.86. The number of urea groups is 1. The number of piperazine rings is 1. The van der Waals surface area contributed by atoms with Gasteiger partial charge in [0.2, 0.25) is 0 Å². The van der Waals surface area contributed by atoms with Crippen molar-refractivity contribution < 1.29 is 14.0 Å². The molecule has 0 radical (unpaired) electrons. The Hall–Kier alpha value is -3.16. The highest BCUT2D eigenvalue weighted by molar-refractivity contribution is 5.97. The summed E-state index contributed by atoms with van der Waals surface area (Å²) in [6.45, 7) is 2.02. The highest BCUT2D eigenvalue weighted by atomic mass is 19.1. The Balaban J connectivity index is 1.61. The number of aromatic nitrogens is 1. The SMILES string of the molecule is NC(=O)c1cccnc1N1CCN(C(=O)Nc2ccc(F)cc2)CC1. The molecular formula is C17H18FN5O2. The van der Waals surface area contributed by atoms with Crippen molar-refractivity contribution >= 4 is 23.4 Å². The van der Waals surface area contributed by atoms with Crippen molar-refractivity contribution in [3.05, 3.63) is 54.0 Å². The van der Waals surface area contributed by atoms with E-state index in [-0.39, 0.29) is 11.8 Å². The van der Waals surface area contributed by atoms with Crippen LogP contribution in [0.4, 0.5) is 20.7 Å². The first-order valence-electron chi connectivity index (χ1n) is 7.86. The van der Waals surface area contributed by atoms with Crippen molar-refractivity contribution in [2.75, 3.05) is 36.4 Å². The lowest BCUT2D eigenvalue weighted by Gasteiger charge is -2.35. The quantitative estimate of drug-likeness (QED) is 0.887. The van der Waals surface area contributed by atoms with Gasteiger partial charge in [-0.2, -0.15) is 0 Å². The average Bonchev–Trinajstić information content (AvgIpc) is 2.63. The number of anilines is 2. The van der Waals surface area contributed by atoms with E-state index < -0.39 is 5.91 Å². The lowest BCUT2D eigenvalue weighted by Crippen LogP contribution is -2.50. The van der Waals surface area contributed by atoms with Crippen LogP contribution in [0.25, 0.3) is 0 Å². The summed E-state index contributed by atoms with van der Waals surface area (Å²) in [4.78, 5) is 31.6. The minimum Gasteiger partial charge on any atom is -0.365 e. The third kappa shape index (κ3) is 3.85. The summed E-state index contributed by atoms with van der Waals surface area (Å²) in [5.41, 5.74) is 6.29. The van der Waals surface area contributed by atoms with Gasteiger partial charge in [-0.1, -0.05) is 0 Å². The predicted molar refractivity (Wildman–Crippen MR) is 92.0 cm³/mol. The monoisotopic (exact) mass is 343 g/mol. The number of carbonyl (C=O) groups excluding carboxylic acids is 2. The standard InChI is InChI=1S/C17H18FN5O2/c18-12-3-5-13(6-4-12)21-17(25)23-10-8-22(9-11-23)16-14(15(19)24)2-1-7-20-16/h1-7H,8-11H2,(H2,19,24)(H,21,25). The second kappa shape index (κ2) is 7.16. The Kier molecular flexibility index (Phi) is 4.78. The van der Waals surface area contributed by atoms with Gasteiger partial charge in [-0.05, 0) is 36.4 Å². The van der Waals surface area contributed by atoms with Gasteiger partial charge in [0.15, 0.2) is 0 Å². The molecule has 0 unspecified atom stereocenters. The molecule has 0 saturated carbocycles. The lowest BCUT2D eigenvalue weighted by atomic mass is 10.2. The number of rotatable bonds is 3. The molecule has 0 bridgehead atoms. The van der Waals surface area contributed by atoms with Crippen molar-refractivity contribution in [1.82, 2.24) is 9.88 Å². The fourth-order valence-electron chi connectivity index (χ4n) is 2.70. The number of hydrogen-bond donors (Lipinski definition) is 2. The van der Waals surface area contributed by atoms with Crippen LogP contribution in [0, 0.1) is 5.82 Å². The molecule has 130 valence electrons. The number of nitrogens with one attached hydrogen (secondary N) is 1. The zero-order chi connectivity index (χ0) is 17.8. The average molecular weight is 343 g/mol. The normalized spacial score (nSPS) is 14.3. The van der Waals surface area contributed by atoms with E-state index in [9.17, 15) is 14.0 Å². The van der Waals surface area contributed by atoms with Crippen LogP contribution in [0.15, 0.2) is 42.6 Å². The number of hydrogen-bond acceptors (Lipinski definition) is 4. The van der Waals surface area contributed by atoms with Gasteiger partial charge < -0.3 is 20.9 Å². The molecule has 1 aliphatic heterocycles. The summed E-state index contributed by atoms with van der Waals surface area (Å²) >= 11 is 0. The van der Waals surface area contributed by atoms with E-state index in [1.807, 2.05) is 4.90 Å². The minimum absolute atomic E-state index is 0.248. The molecule has 0 spiro atoms. The van der Waals surface area contributed by atoms with Crippen molar-refractivity contribution in [2.45, 2.75) is 0 Å². The molecule has 1 aromatic heterocycles. The molecular weight excluding hydrogens is 325 g/mol.